The number of hydrogen-bond acceptors (Lipinski definition) is 6. The molecule has 0 amide bonds. The van der Waals surface area contributed by atoms with Gasteiger partial charge in [-0.3, -0.25) is 0 Å². The Morgan fingerprint density at radius 2 is 2.43 bits per heavy atom. The lowest BCUT2D eigenvalue weighted by atomic mass is 9.99. The third-order valence-corrected chi connectivity index (χ3v) is 3.70. The highest BCUT2D eigenvalue weighted by Crippen LogP contribution is 2.21. The van der Waals surface area contributed by atoms with E-state index < -0.39 is 5.97 Å². The lowest BCUT2D eigenvalue weighted by Crippen LogP contribution is -2.41. The number of ether oxygens (including phenoxy) is 1. The average molecular weight is 295 g/mol. The molecule has 6 heteroatoms. The number of rotatable bonds is 6. The Hall–Kier alpha value is -1.56. The number of carbonyl (C=O) groups is 1. The van der Waals surface area contributed by atoms with Crippen molar-refractivity contribution in [2.75, 3.05) is 31.1 Å². The first-order valence-electron chi connectivity index (χ1n) is 7.71. The molecular formula is C15H25N3O3. The molecule has 0 radical (unpaired) electrons. The summed E-state index contributed by atoms with van der Waals surface area (Å²) in [5.74, 6) is 0.148. The molecule has 2 rings (SSSR count). The van der Waals surface area contributed by atoms with Gasteiger partial charge in [-0.15, -0.1) is 0 Å². The molecule has 1 aromatic rings. The van der Waals surface area contributed by atoms with Crippen molar-refractivity contribution < 1.29 is 13.9 Å². The second kappa shape index (κ2) is 7.45. The topological polar surface area (TPSA) is 67.6 Å². The number of hydrogen-bond donors (Lipinski definition) is 1. The van der Waals surface area contributed by atoms with Gasteiger partial charge in [0, 0.05) is 12.6 Å². The largest absolute Gasteiger partial charge is 0.461 e. The van der Waals surface area contributed by atoms with E-state index in [1.54, 1.807) is 6.92 Å². The highest BCUT2D eigenvalue weighted by molar-refractivity contribution is 5.87. The molecule has 1 aromatic heterocycles. The summed E-state index contributed by atoms with van der Waals surface area (Å²) in [6, 6.07) is 0.763. The second-order valence-corrected chi connectivity index (χ2v) is 5.69. The Bertz CT molecular complexity index is 453. The van der Waals surface area contributed by atoms with E-state index in [1.165, 1.54) is 19.1 Å². The zero-order chi connectivity index (χ0) is 15.2. The van der Waals surface area contributed by atoms with E-state index >= 15 is 0 Å². The van der Waals surface area contributed by atoms with E-state index in [2.05, 4.69) is 29.0 Å². The molecule has 21 heavy (non-hydrogen) atoms. The average Bonchev–Trinajstić information content (AvgIpc) is 2.95. The van der Waals surface area contributed by atoms with E-state index in [9.17, 15) is 4.79 Å². The van der Waals surface area contributed by atoms with Crippen LogP contribution in [0, 0.1) is 5.92 Å². The highest BCUT2D eigenvalue weighted by Gasteiger charge is 2.24. The van der Waals surface area contributed by atoms with Gasteiger partial charge in [0.2, 0.25) is 0 Å². The van der Waals surface area contributed by atoms with Crippen molar-refractivity contribution in [3.63, 3.8) is 0 Å². The molecule has 1 N–H and O–H groups in total. The van der Waals surface area contributed by atoms with Gasteiger partial charge in [0.1, 0.15) is 6.26 Å². The van der Waals surface area contributed by atoms with Gasteiger partial charge < -0.3 is 19.4 Å². The number of nitrogens with one attached hydrogen (secondary N) is 1. The standard InChI is InChI=1S/C15H25N3O3/c1-4-20-14(19)13-10-21-15(17-13)18(11(2)3)9-12-6-5-7-16-8-12/h10-12,16H,4-9H2,1-3H3. The normalized spacial score (nSPS) is 18.8. The summed E-state index contributed by atoms with van der Waals surface area (Å²) in [6.45, 7) is 9.32. The molecule has 1 atom stereocenters. The minimum absolute atomic E-state index is 0.235. The molecule has 0 aromatic carbocycles. The van der Waals surface area contributed by atoms with Crippen LogP contribution in [0.15, 0.2) is 10.7 Å². The minimum atomic E-state index is -0.435. The number of piperidine rings is 1. The van der Waals surface area contributed by atoms with E-state index in [4.69, 9.17) is 9.15 Å². The number of aromatic nitrogens is 1. The smallest absolute Gasteiger partial charge is 0.360 e. The predicted molar refractivity (Wildman–Crippen MR) is 80.5 cm³/mol. The van der Waals surface area contributed by atoms with Gasteiger partial charge in [0.25, 0.3) is 6.01 Å². The van der Waals surface area contributed by atoms with Crippen molar-refractivity contribution in [2.24, 2.45) is 5.92 Å². The van der Waals surface area contributed by atoms with Crippen molar-refractivity contribution in [2.45, 2.75) is 39.7 Å². The molecule has 1 unspecified atom stereocenters. The lowest BCUT2D eigenvalue weighted by Gasteiger charge is -2.31. The van der Waals surface area contributed by atoms with Crippen molar-refractivity contribution in [3.05, 3.63) is 12.0 Å². The van der Waals surface area contributed by atoms with E-state index in [0.29, 0.717) is 18.5 Å². The first-order valence-corrected chi connectivity index (χ1v) is 7.71. The Labute approximate surface area is 125 Å². The molecule has 0 spiro atoms. The zero-order valence-corrected chi connectivity index (χ0v) is 13.1. The van der Waals surface area contributed by atoms with Crippen molar-refractivity contribution in [1.82, 2.24) is 10.3 Å². The van der Waals surface area contributed by atoms with Gasteiger partial charge in [-0.05, 0) is 52.6 Å². The van der Waals surface area contributed by atoms with Crippen LogP contribution in [-0.2, 0) is 4.74 Å². The summed E-state index contributed by atoms with van der Waals surface area (Å²) in [5.41, 5.74) is 0.235. The number of esters is 1. The monoisotopic (exact) mass is 295 g/mol. The van der Waals surface area contributed by atoms with Crippen LogP contribution in [0.5, 0.6) is 0 Å². The molecule has 0 bridgehead atoms. The van der Waals surface area contributed by atoms with Gasteiger partial charge in [-0.2, -0.15) is 4.98 Å². The molecule has 1 aliphatic heterocycles. The first-order chi connectivity index (χ1) is 10.1. The van der Waals surface area contributed by atoms with Gasteiger partial charge in [0.05, 0.1) is 6.61 Å². The summed E-state index contributed by atoms with van der Waals surface area (Å²) in [5, 5.41) is 3.42. The van der Waals surface area contributed by atoms with Crippen LogP contribution >= 0.6 is 0 Å². The SMILES string of the molecule is CCOC(=O)c1coc(N(CC2CCCNC2)C(C)C)n1. The highest BCUT2D eigenvalue weighted by atomic mass is 16.5. The Balaban J connectivity index is 2.05. The van der Waals surface area contributed by atoms with Crippen molar-refractivity contribution in [1.29, 1.82) is 0 Å². The van der Waals surface area contributed by atoms with Crippen LogP contribution in [0.1, 0.15) is 44.1 Å². The maximum absolute atomic E-state index is 11.7. The number of carbonyl (C=O) groups excluding carboxylic acids is 1. The maximum atomic E-state index is 11.7. The summed E-state index contributed by atoms with van der Waals surface area (Å²) in [7, 11) is 0. The molecule has 1 saturated heterocycles. The minimum Gasteiger partial charge on any atom is -0.461 e. The number of anilines is 1. The van der Waals surface area contributed by atoms with Crippen molar-refractivity contribution in [3.8, 4) is 0 Å². The maximum Gasteiger partial charge on any atom is 0.360 e. The van der Waals surface area contributed by atoms with Crippen LogP contribution in [0.25, 0.3) is 0 Å². The second-order valence-electron chi connectivity index (χ2n) is 5.69. The molecule has 118 valence electrons. The fraction of sp³-hybridized carbons (Fsp3) is 0.733. The molecule has 0 saturated carbocycles. The molecule has 2 heterocycles. The molecular weight excluding hydrogens is 270 g/mol. The van der Waals surface area contributed by atoms with Crippen LogP contribution in [0.3, 0.4) is 0 Å². The quantitative estimate of drug-likeness (QED) is 0.810. The number of nitrogens with zero attached hydrogens (tertiary/aromatic N) is 2. The van der Waals surface area contributed by atoms with Gasteiger partial charge in [-0.25, -0.2) is 4.79 Å². The molecule has 0 aliphatic carbocycles. The van der Waals surface area contributed by atoms with Crippen LogP contribution < -0.4 is 10.2 Å². The Morgan fingerprint density at radius 1 is 1.62 bits per heavy atom. The Morgan fingerprint density at radius 3 is 3.05 bits per heavy atom. The third kappa shape index (κ3) is 4.20. The fourth-order valence-corrected chi connectivity index (χ4v) is 2.56. The van der Waals surface area contributed by atoms with Crippen molar-refractivity contribution >= 4 is 12.0 Å². The van der Waals surface area contributed by atoms with Gasteiger partial charge in [0.15, 0.2) is 5.69 Å². The first kappa shape index (κ1) is 15.8. The molecule has 1 fully saturated rings. The predicted octanol–water partition coefficient (Wildman–Crippen LogP) is 2.07. The zero-order valence-electron chi connectivity index (χ0n) is 13.1. The lowest BCUT2D eigenvalue weighted by molar-refractivity contribution is 0.0519. The van der Waals surface area contributed by atoms with Gasteiger partial charge in [-0.1, -0.05) is 0 Å². The fourth-order valence-electron chi connectivity index (χ4n) is 2.56. The van der Waals surface area contributed by atoms with E-state index in [1.807, 2.05) is 0 Å². The summed E-state index contributed by atoms with van der Waals surface area (Å²) < 4.78 is 10.4. The van der Waals surface area contributed by atoms with Crippen LogP contribution in [-0.4, -0.2) is 43.2 Å². The van der Waals surface area contributed by atoms with Crippen LogP contribution in [0.4, 0.5) is 6.01 Å². The van der Waals surface area contributed by atoms with E-state index in [-0.39, 0.29) is 11.7 Å². The van der Waals surface area contributed by atoms with Gasteiger partial charge >= 0.3 is 5.97 Å². The summed E-state index contributed by atoms with van der Waals surface area (Å²) >= 11 is 0. The molecule has 6 nitrogen and oxygen atoms in total. The summed E-state index contributed by atoms with van der Waals surface area (Å²) in [4.78, 5) is 18.1. The van der Waals surface area contributed by atoms with E-state index in [0.717, 1.165) is 19.6 Å². The Kier molecular flexibility index (Phi) is 5.61. The number of oxazole rings is 1. The summed E-state index contributed by atoms with van der Waals surface area (Å²) in [6.07, 6.45) is 3.79. The third-order valence-electron chi connectivity index (χ3n) is 3.70. The van der Waals surface area contributed by atoms with Crippen LogP contribution in [0.2, 0.25) is 0 Å². The molecule has 1 aliphatic rings.